The molecule has 4 aromatic rings. The Labute approximate surface area is 188 Å². The molecule has 0 atom stereocenters. The maximum absolute atomic E-state index is 13.2. The van der Waals surface area contributed by atoms with Gasteiger partial charge in [-0.25, -0.2) is 4.98 Å². The Bertz CT molecular complexity index is 1430. The summed E-state index contributed by atoms with van der Waals surface area (Å²) in [5.41, 5.74) is 8.12. The van der Waals surface area contributed by atoms with Crippen LogP contribution in [0.25, 0.3) is 33.5 Å². The van der Waals surface area contributed by atoms with Gasteiger partial charge in [0.05, 0.1) is 16.8 Å². The molecular weight excluding hydrogens is 425 g/mol. The summed E-state index contributed by atoms with van der Waals surface area (Å²) in [4.78, 5) is 4.30. The molecule has 0 saturated carbocycles. The normalized spacial score (nSPS) is 10.9. The maximum atomic E-state index is 13.2. The zero-order valence-electron chi connectivity index (χ0n) is 17.1. The quantitative estimate of drug-likeness (QED) is 0.398. The summed E-state index contributed by atoms with van der Waals surface area (Å²) < 4.78 is 39.5. The lowest BCUT2D eigenvalue weighted by molar-refractivity contribution is -0.137. The van der Waals surface area contributed by atoms with Crippen molar-refractivity contribution in [1.82, 2.24) is 4.98 Å². The van der Waals surface area contributed by atoms with Gasteiger partial charge in [0.2, 0.25) is 0 Å². The molecule has 0 radical (unpaired) electrons. The van der Waals surface area contributed by atoms with Gasteiger partial charge in [-0.3, -0.25) is 0 Å². The fraction of sp³-hybridized carbons (Fsp3) is 0.0385. The highest BCUT2D eigenvalue weighted by molar-refractivity contribution is 5.88. The molecule has 0 fully saturated rings. The van der Waals surface area contributed by atoms with E-state index in [9.17, 15) is 23.7 Å². The number of hydrogen-bond acceptors (Lipinski definition) is 4. The van der Waals surface area contributed by atoms with Crippen LogP contribution in [-0.2, 0) is 6.18 Å². The lowest BCUT2D eigenvalue weighted by Crippen LogP contribution is -2.04. The van der Waals surface area contributed by atoms with Crippen LogP contribution in [0.5, 0.6) is 0 Å². The number of nitriles is 2. The van der Waals surface area contributed by atoms with E-state index in [0.717, 1.165) is 12.1 Å². The fourth-order valence-corrected chi connectivity index (χ4v) is 3.65. The lowest BCUT2D eigenvalue weighted by Gasteiger charge is -2.15. The Kier molecular flexibility index (Phi) is 5.56. The third-order valence-corrected chi connectivity index (χ3v) is 5.17. The van der Waals surface area contributed by atoms with Crippen molar-refractivity contribution in [3.63, 3.8) is 0 Å². The van der Waals surface area contributed by atoms with Crippen LogP contribution in [0.15, 0.2) is 78.9 Å². The number of nitrogens with two attached hydrogens (primary N) is 1. The third kappa shape index (κ3) is 4.13. The van der Waals surface area contributed by atoms with Crippen LogP contribution in [0.3, 0.4) is 0 Å². The average molecular weight is 440 g/mol. The topological polar surface area (TPSA) is 86.5 Å². The summed E-state index contributed by atoms with van der Waals surface area (Å²) >= 11 is 0. The van der Waals surface area contributed by atoms with Crippen molar-refractivity contribution >= 4 is 5.82 Å². The van der Waals surface area contributed by atoms with Crippen LogP contribution in [0.4, 0.5) is 19.0 Å². The van der Waals surface area contributed by atoms with Gasteiger partial charge < -0.3 is 5.73 Å². The predicted molar refractivity (Wildman–Crippen MR) is 119 cm³/mol. The van der Waals surface area contributed by atoms with Crippen LogP contribution in [0, 0.1) is 22.7 Å². The summed E-state index contributed by atoms with van der Waals surface area (Å²) in [6, 6.07) is 24.7. The van der Waals surface area contributed by atoms with E-state index < -0.39 is 11.7 Å². The molecule has 0 unspecified atom stereocenters. The number of alkyl halides is 3. The number of halogens is 3. The first-order valence-corrected chi connectivity index (χ1v) is 9.80. The SMILES string of the molecule is N#Cc1c(N)nc(-c2ccccc2)c(C#N)c1-c1cccc(-c2cccc(C(F)(F)F)c2)c1. The zero-order chi connectivity index (χ0) is 23.6. The van der Waals surface area contributed by atoms with Crippen molar-refractivity contribution in [3.05, 3.63) is 95.6 Å². The van der Waals surface area contributed by atoms with Gasteiger partial charge in [-0.05, 0) is 34.9 Å². The van der Waals surface area contributed by atoms with Crippen LogP contribution >= 0.6 is 0 Å². The molecule has 1 aromatic heterocycles. The number of hydrogen-bond donors (Lipinski definition) is 1. The minimum atomic E-state index is -4.47. The molecule has 0 aliphatic carbocycles. The Balaban J connectivity index is 1.95. The second-order valence-electron chi connectivity index (χ2n) is 7.22. The van der Waals surface area contributed by atoms with Crippen LogP contribution in [0.1, 0.15) is 16.7 Å². The first-order chi connectivity index (χ1) is 15.8. The molecule has 0 saturated heterocycles. The fourth-order valence-electron chi connectivity index (χ4n) is 3.65. The van der Waals surface area contributed by atoms with Crippen molar-refractivity contribution in [1.29, 1.82) is 10.5 Å². The van der Waals surface area contributed by atoms with Crippen LogP contribution in [-0.4, -0.2) is 4.98 Å². The van der Waals surface area contributed by atoms with Gasteiger partial charge in [0.1, 0.15) is 23.5 Å². The number of nitrogen functional groups attached to an aromatic ring is 1. The monoisotopic (exact) mass is 440 g/mol. The van der Waals surface area contributed by atoms with Crippen LogP contribution < -0.4 is 5.73 Å². The Morgan fingerprint density at radius 2 is 1.27 bits per heavy atom. The van der Waals surface area contributed by atoms with E-state index in [2.05, 4.69) is 11.1 Å². The lowest BCUT2D eigenvalue weighted by atomic mass is 9.90. The second kappa shape index (κ2) is 8.49. The highest BCUT2D eigenvalue weighted by atomic mass is 19.4. The van der Waals surface area contributed by atoms with Crippen molar-refractivity contribution in [2.24, 2.45) is 0 Å². The van der Waals surface area contributed by atoms with Gasteiger partial charge in [-0.1, -0.05) is 60.7 Å². The number of aromatic nitrogens is 1. The van der Waals surface area contributed by atoms with Gasteiger partial charge >= 0.3 is 6.18 Å². The third-order valence-electron chi connectivity index (χ3n) is 5.17. The van der Waals surface area contributed by atoms with E-state index in [0.29, 0.717) is 33.5 Å². The zero-order valence-corrected chi connectivity index (χ0v) is 17.1. The van der Waals surface area contributed by atoms with E-state index in [1.807, 2.05) is 12.1 Å². The summed E-state index contributed by atoms with van der Waals surface area (Å²) in [7, 11) is 0. The molecule has 2 N–H and O–H groups in total. The molecule has 0 bridgehead atoms. The van der Waals surface area contributed by atoms with E-state index in [1.54, 1.807) is 54.6 Å². The first-order valence-electron chi connectivity index (χ1n) is 9.80. The second-order valence-corrected chi connectivity index (χ2v) is 7.22. The minimum Gasteiger partial charge on any atom is -0.383 e. The molecule has 4 rings (SSSR count). The average Bonchev–Trinajstić information content (AvgIpc) is 2.83. The van der Waals surface area contributed by atoms with Crippen molar-refractivity contribution in [2.75, 3.05) is 5.73 Å². The Morgan fingerprint density at radius 3 is 1.91 bits per heavy atom. The number of benzene rings is 3. The van der Waals surface area contributed by atoms with Crippen LogP contribution in [0.2, 0.25) is 0 Å². The molecule has 0 aliphatic rings. The van der Waals surface area contributed by atoms with E-state index in [4.69, 9.17) is 5.73 Å². The van der Waals surface area contributed by atoms with Gasteiger partial charge in [0, 0.05) is 11.1 Å². The summed E-state index contributed by atoms with van der Waals surface area (Å²) in [6.45, 7) is 0. The number of nitrogens with zero attached hydrogens (tertiary/aromatic N) is 3. The molecule has 3 aromatic carbocycles. The smallest absolute Gasteiger partial charge is 0.383 e. The van der Waals surface area contributed by atoms with E-state index >= 15 is 0 Å². The highest BCUT2D eigenvalue weighted by Crippen LogP contribution is 2.38. The van der Waals surface area contributed by atoms with Gasteiger partial charge in [-0.15, -0.1) is 0 Å². The van der Waals surface area contributed by atoms with Gasteiger partial charge in [0.15, 0.2) is 0 Å². The number of pyridine rings is 1. The summed E-state index contributed by atoms with van der Waals surface area (Å²) in [6.07, 6.45) is -4.47. The van der Waals surface area contributed by atoms with Gasteiger partial charge in [0.25, 0.3) is 0 Å². The van der Waals surface area contributed by atoms with E-state index in [1.165, 1.54) is 6.07 Å². The number of rotatable bonds is 3. The predicted octanol–water partition coefficient (Wildman–Crippen LogP) is 6.43. The maximum Gasteiger partial charge on any atom is 0.416 e. The van der Waals surface area contributed by atoms with Gasteiger partial charge in [-0.2, -0.15) is 23.7 Å². The standard InChI is InChI=1S/C26H15F3N4/c27-26(28,29)20-11-5-9-18(13-20)17-8-4-10-19(12-17)23-21(14-30)24(16-6-2-1-3-7-16)33-25(32)22(23)15-31/h1-13H,(H2,32,33). The molecule has 160 valence electrons. The summed E-state index contributed by atoms with van der Waals surface area (Å²) in [5.74, 6) is -0.0326. The molecule has 0 amide bonds. The number of anilines is 1. The molecule has 33 heavy (non-hydrogen) atoms. The molecule has 1 heterocycles. The Hall–Kier alpha value is -4.62. The summed E-state index contributed by atoms with van der Waals surface area (Å²) in [5, 5.41) is 19.7. The van der Waals surface area contributed by atoms with Crippen molar-refractivity contribution in [3.8, 4) is 45.6 Å². The molecule has 4 nitrogen and oxygen atoms in total. The molecule has 7 heteroatoms. The first kappa shape index (κ1) is 21.6. The highest BCUT2D eigenvalue weighted by Gasteiger charge is 2.30. The largest absolute Gasteiger partial charge is 0.416 e. The molecule has 0 spiro atoms. The molecular formula is C26H15F3N4. The molecule has 0 aliphatic heterocycles. The van der Waals surface area contributed by atoms with E-state index in [-0.39, 0.29) is 16.9 Å². The van der Waals surface area contributed by atoms with Crippen molar-refractivity contribution in [2.45, 2.75) is 6.18 Å². The Morgan fingerprint density at radius 1 is 0.697 bits per heavy atom. The van der Waals surface area contributed by atoms with Crippen molar-refractivity contribution < 1.29 is 13.2 Å². The minimum absolute atomic E-state index is 0.0326.